The predicted octanol–water partition coefficient (Wildman–Crippen LogP) is 4.01. The van der Waals surface area contributed by atoms with Gasteiger partial charge in [0.25, 0.3) is 5.56 Å². The highest BCUT2D eigenvalue weighted by molar-refractivity contribution is 7.22. The topological polar surface area (TPSA) is 150 Å². The largest absolute Gasteiger partial charge is 0.480 e. The first-order valence-electron chi connectivity index (χ1n) is 13.3. The molecule has 0 saturated carbocycles. The quantitative estimate of drug-likeness (QED) is 0.311. The number of rotatable bonds is 9. The number of ether oxygens (including phenoxy) is 2. The lowest BCUT2D eigenvalue weighted by molar-refractivity contribution is -0.146. The molecule has 1 aromatic carbocycles. The zero-order valence-electron chi connectivity index (χ0n) is 23.0. The molecule has 0 spiro atoms. The Hall–Kier alpha value is -4.05. The zero-order valence-corrected chi connectivity index (χ0v) is 23.8. The average Bonchev–Trinajstić information content (AvgIpc) is 3.59. The van der Waals surface area contributed by atoms with E-state index in [1.54, 1.807) is 6.92 Å². The number of thiophene rings is 1. The number of benzene rings is 1. The Bertz CT molecular complexity index is 1740. The number of carboxylic acid groups (broad SMARTS) is 1. The number of aromatic nitrogens is 3. The fourth-order valence-electron chi connectivity index (χ4n) is 5.15. The number of nitriles is 1. The van der Waals surface area contributed by atoms with Crippen LogP contribution in [0.3, 0.4) is 0 Å². The lowest BCUT2D eigenvalue weighted by Crippen LogP contribution is -2.52. The fraction of sp³-hybridized carbons (Fsp3) is 0.414. The summed E-state index contributed by atoms with van der Waals surface area (Å²) in [5.41, 5.74) is -1.26. The zero-order chi connectivity index (χ0) is 29.3. The first-order chi connectivity index (χ1) is 19.6. The smallest absolute Gasteiger partial charge is 0.333 e. The summed E-state index contributed by atoms with van der Waals surface area (Å²) in [5, 5.41) is 19.7. The van der Waals surface area contributed by atoms with Crippen molar-refractivity contribution in [1.29, 1.82) is 5.26 Å². The molecular weight excluding hydrogens is 548 g/mol. The van der Waals surface area contributed by atoms with Crippen molar-refractivity contribution in [2.75, 3.05) is 13.2 Å². The van der Waals surface area contributed by atoms with Crippen LogP contribution in [0.1, 0.15) is 49.5 Å². The van der Waals surface area contributed by atoms with Gasteiger partial charge >= 0.3 is 11.7 Å². The van der Waals surface area contributed by atoms with E-state index < -0.39 is 28.9 Å². The second kappa shape index (κ2) is 11.4. The summed E-state index contributed by atoms with van der Waals surface area (Å²) in [6.07, 6.45) is 3.56. The van der Waals surface area contributed by atoms with Crippen LogP contribution in [0.5, 0.6) is 0 Å². The maximum atomic E-state index is 14.1. The van der Waals surface area contributed by atoms with Crippen LogP contribution in [0.2, 0.25) is 0 Å². The summed E-state index contributed by atoms with van der Waals surface area (Å²) in [4.78, 5) is 45.4. The standard InChI is InChI=1S/C29H30N4O7S/c1-17-22-25(34)33(29(2,3)27(35)36)28(37)32(26(22)41-23(17)24-31-12-15-39-24)16-21(40-19-9-13-38-14-10-19)20-7-5-4-6-18(20)8-11-30/h4-7,12,15,19,21H,8-10,13-14,16H2,1-3H3,(H,35,36). The molecule has 1 atom stereocenters. The Morgan fingerprint density at radius 1 is 1.29 bits per heavy atom. The maximum absolute atomic E-state index is 14.1. The third kappa shape index (κ3) is 5.24. The molecule has 1 N–H and O–H groups in total. The monoisotopic (exact) mass is 578 g/mol. The summed E-state index contributed by atoms with van der Waals surface area (Å²) >= 11 is 1.18. The minimum atomic E-state index is -1.84. The number of hydrogen-bond donors (Lipinski definition) is 1. The van der Waals surface area contributed by atoms with Crippen LogP contribution >= 0.6 is 11.3 Å². The molecule has 0 aliphatic carbocycles. The molecule has 5 rings (SSSR count). The van der Waals surface area contributed by atoms with Crippen LogP contribution in [-0.4, -0.2) is 44.5 Å². The van der Waals surface area contributed by atoms with Crippen molar-refractivity contribution in [1.82, 2.24) is 14.1 Å². The van der Waals surface area contributed by atoms with Crippen molar-refractivity contribution >= 4 is 27.5 Å². The number of oxazole rings is 1. The van der Waals surface area contributed by atoms with E-state index >= 15 is 0 Å². The van der Waals surface area contributed by atoms with Crippen molar-refractivity contribution in [3.05, 3.63) is 74.3 Å². The van der Waals surface area contributed by atoms with Gasteiger partial charge in [-0.2, -0.15) is 5.26 Å². The Morgan fingerprint density at radius 3 is 2.68 bits per heavy atom. The van der Waals surface area contributed by atoms with E-state index in [2.05, 4.69) is 11.1 Å². The second-order valence-corrected chi connectivity index (χ2v) is 11.4. The number of carboxylic acids is 1. The number of fused-ring (bicyclic) bond motifs is 1. The van der Waals surface area contributed by atoms with Gasteiger partial charge in [0.2, 0.25) is 5.89 Å². The summed E-state index contributed by atoms with van der Waals surface area (Å²) in [5.74, 6) is -1.03. The molecule has 4 aromatic rings. The summed E-state index contributed by atoms with van der Waals surface area (Å²) in [6, 6.07) is 9.60. The number of hydrogen-bond acceptors (Lipinski definition) is 9. The second-order valence-electron chi connectivity index (χ2n) is 10.4. The summed E-state index contributed by atoms with van der Waals surface area (Å²) in [6.45, 7) is 5.44. The van der Waals surface area contributed by atoms with Gasteiger partial charge in [-0.3, -0.25) is 9.36 Å². The van der Waals surface area contributed by atoms with E-state index in [-0.39, 0.29) is 24.5 Å². The highest BCUT2D eigenvalue weighted by Gasteiger charge is 2.36. The molecule has 1 saturated heterocycles. The summed E-state index contributed by atoms with van der Waals surface area (Å²) < 4.78 is 19.8. The van der Waals surface area contributed by atoms with Gasteiger partial charge in [0.05, 0.1) is 41.6 Å². The van der Waals surface area contributed by atoms with Crippen LogP contribution in [0, 0.1) is 18.3 Å². The van der Waals surface area contributed by atoms with Crippen LogP contribution in [0.4, 0.5) is 0 Å². The van der Waals surface area contributed by atoms with Gasteiger partial charge in [0.15, 0.2) is 0 Å². The minimum absolute atomic E-state index is 0.0178. The van der Waals surface area contributed by atoms with Crippen molar-refractivity contribution < 1.29 is 23.8 Å². The molecule has 1 aliphatic rings. The van der Waals surface area contributed by atoms with Crippen molar-refractivity contribution in [3.8, 4) is 16.8 Å². The SMILES string of the molecule is Cc1c(-c2ncco2)sc2c1c(=O)n(C(C)(C)C(=O)O)c(=O)n2CC(OC1CCOCC1)c1ccccc1CC#N. The lowest BCUT2D eigenvalue weighted by Gasteiger charge is -2.30. The molecule has 1 unspecified atom stereocenters. The van der Waals surface area contributed by atoms with Gasteiger partial charge in [0, 0.05) is 13.2 Å². The fourth-order valence-corrected chi connectivity index (χ4v) is 6.40. The van der Waals surface area contributed by atoms with Crippen LogP contribution in [0.15, 0.2) is 50.7 Å². The number of carbonyl (C=O) groups is 1. The Balaban J connectivity index is 1.76. The molecule has 3 aromatic heterocycles. The lowest BCUT2D eigenvalue weighted by atomic mass is 9.99. The minimum Gasteiger partial charge on any atom is -0.480 e. The third-order valence-corrected chi connectivity index (χ3v) is 8.77. The molecule has 4 heterocycles. The first kappa shape index (κ1) is 28.5. The Labute approximate surface area is 239 Å². The van der Waals surface area contributed by atoms with Gasteiger partial charge < -0.3 is 19.0 Å². The van der Waals surface area contributed by atoms with Crippen molar-refractivity contribution in [2.24, 2.45) is 0 Å². The van der Waals surface area contributed by atoms with Crippen LogP contribution in [0.25, 0.3) is 21.0 Å². The first-order valence-corrected chi connectivity index (χ1v) is 14.1. The molecule has 1 fully saturated rings. The normalized spacial score (nSPS) is 15.2. The van der Waals surface area contributed by atoms with E-state index in [9.17, 15) is 24.8 Å². The van der Waals surface area contributed by atoms with E-state index in [0.29, 0.717) is 47.2 Å². The Kier molecular flexibility index (Phi) is 7.95. The highest BCUT2D eigenvalue weighted by atomic mass is 32.1. The van der Waals surface area contributed by atoms with Crippen LogP contribution in [-0.2, 0) is 32.8 Å². The molecule has 11 nitrogen and oxygen atoms in total. The molecular formula is C29H30N4O7S. The summed E-state index contributed by atoms with van der Waals surface area (Å²) in [7, 11) is 0. The van der Waals surface area contributed by atoms with Gasteiger partial charge in [-0.15, -0.1) is 11.3 Å². The number of aliphatic carboxylic acids is 1. The third-order valence-electron chi connectivity index (χ3n) is 7.47. The number of aryl methyl sites for hydroxylation is 1. The Morgan fingerprint density at radius 2 is 2.02 bits per heavy atom. The number of nitrogens with zero attached hydrogens (tertiary/aromatic N) is 4. The van der Waals surface area contributed by atoms with Crippen molar-refractivity contribution in [2.45, 2.75) is 64.3 Å². The van der Waals surface area contributed by atoms with E-state index in [1.807, 2.05) is 24.3 Å². The molecule has 214 valence electrons. The van der Waals surface area contributed by atoms with Gasteiger partial charge in [-0.1, -0.05) is 24.3 Å². The average molecular weight is 579 g/mol. The van der Waals surface area contributed by atoms with Gasteiger partial charge in [-0.05, 0) is 50.3 Å². The molecule has 12 heteroatoms. The van der Waals surface area contributed by atoms with Crippen molar-refractivity contribution in [3.63, 3.8) is 0 Å². The molecule has 0 amide bonds. The molecule has 0 bridgehead atoms. The van der Waals surface area contributed by atoms with E-state index in [4.69, 9.17) is 13.9 Å². The predicted molar refractivity (Wildman–Crippen MR) is 151 cm³/mol. The van der Waals surface area contributed by atoms with Gasteiger partial charge in [0.1, 0.15) is 22.7 Å². The van der Waals surface area contributed by atoms with Gasteiger partial charge in [-0.25, -0.2) is 19.1 Å². The van der Waals surface area contributed by atoms with Crippen LogP contribution < -0.4 is 11.2 Å². The van der Waals surface area contributed by atoms with E-state index in [1.165, 1.54) is 42.2 Å². The molecule has 1 aliphatic heterocycles. The van der Waals surface area contributed by atoms with E-state index in [0.717, 1.165) is 15.7 Å². The highest BCUT2D eigenvalue weighted by Crippen LogP contribution is 2.37. The molecule has 41 heavy (non-hydrogen) atoms. The molecule has 0 radical (unpaired) electrons. The maximum Gasteiger partial charge on any atom is 0.333 e.